The summed E-state index contributed by atoms with van der Waals surface area (Å²) in [6.45, 7) is 2.01. The van der Waals surface area contributed by atoms with Crippen LogP contribution in [0.4, 0.5) is 17.3 Å². The first kappa shape index (κ1) is 18.1. The molecular formula is C22H23N5O. The third-order valence-electron chi connectivity index (χ3n) is 5.06. The third kappa shape index (κ3) is 4.17. The molecule has 2 heterocycles. The Kier molecular flexibility index (Phi) is 5.28. The molecule has 4 rings (SSSR count). The summed E-state index contributed by atoms with van der Waals surface area (Å²) in [6.07, 6.45) is 7.70. The molecule has 0 unspecified atom stereocenters. The van der Waals surface area contributed by atoms with Crippen LogP contribution in [0.5, 0.6) is 0 Å². The molecule has 0 bridgehead atoms. The number of aryl methyl sites for hydroxylation is 1. The molecule has 1 aromatic carbocycles. The van der Waals surface area contributed by atoms with Gasteiger partial charge in [-0.2, -0.15) is 0 Å². The summed E-state index contributed by atoms with van der Waals surface area (Å²) in [7, 11) is 0. The van der Waals surface area contributed by atoms with E-state index < -0.39 is 0 Å². The van der Waals surface area contributed by atoms with Crippen LogP contribution < -0.4 is 10.6 Å². The molecule has 0 saturated heterocycles. The number of hydrogen-bond acceptors (Lipinski definition) is 5. The number of rotatable bonds is 5. The van der Waals surface area contributed by atoms with E-state index in [-0.39, 0.29) is 11.8 Å². The standard InChI is InChI=1S/C22H23N5O/c1-15-9-10-17(25-21(28)16-6-2-3-7-16)14-20(15)27-22-24-13-11-19(26-22)18-8-4-5-12-23-18/h4-5,8-14,16H,2-3,6-7H2,1H3,(H,25,28)(H,24,26,27). The predicted octanol–water partition coefficient (Wildman–Crippen LogP) is 4.72. The molecule has 1 amide bonds. The molecule has 28 heavy (non-hydrogen) atoms. The van der Waals surface area contributed by atoms with Crippen molar-refractivity contribution in [3.63, 3.8) is 0 Å². The van der Waals surface area contributed by atoms with Gasteiger partial charge in [-0.15, -0.1) is 0 Å². The zero-order chi connectivity index (χ0) is 19.3. The summed E-state index contributed by atoms with van der Waals surface area (Å²) in [5.74, 6) is 0.738. The van der Waals surface area contributed by atoms with Gasteiger partial charge in [0.25, 0.3) is 0 Å². The smallest absolute Gasteiger partial charge is 0.227 e. The van der Waals surface area contributed by atoms with Gasteiger partial charge < -0.3 is 10.6 Å². The topological polar surface area (TPSA) is 79.8 Å². The van der Waals surface area contributed by atoms with E-state index >= 15 is 0 Å². The molecule has 142 valence electrons. The minimum atomic E-state index is 0.112. The number of nitrogens with zero attached hydrogens (tertiary/aromatic N) is 3. The summed E-state index contributed by atoms with van der Waals surface area (Å²) in [5.41, 5.74) is 4.24. The number of benzene rings is 1. The van der Waals surface area contributed by atoms with Gasteiger partial charge >= 0.3 is 0 Å². The normalized spacial score (nSPS) is 14.0. The maximum Gasteiger partial charge on any atom is 0.227 e. The number of aromatic nitrogens is 3. The molecule has 6 heteroatoms. The fourth-order valence-corrected chi connectivity index (χ4v) is 3.46. The summed E-state index contributed by atoms with van der Waals surface area (Å²) >= 11 is 0. The molecule has 6 nitrogen and oxygen atoms in total. The van der Waals surface area contributed by atoms with Crippen LogP contribution in [0.2, 0.25) is 0 Å². The second-order valence-corrected chi connectivity index (χ2v) is 7.11. The third-order valence-corrected chi connectivity index (χ3v) is 5.06. The van der Waals surface area contributed by atoms with Gasteiger partial charge in [0.1, 0.15) is 0 Å². The Balaban J connectivity index is 1.52. The molecule has 2 aromatic heterocycles. The van der Waals surface area contributed by atoms with E-state index in [1.807, 2.05) is 49.4 Å². The van der Waals surface area contributed by atoms with Gasteiger partial charge in [0, 0.05) is 29.7 Å². The number of amides is 1. The van der Waals surface area contributed by atoms with Gasteiger partial charge in [-0.25, -0.2) is 9.97 Å². The Morgan fingerprint density at radius 3 is 2.64 bits per heavy atom. The van der Waals surface area contributed by atoms with E-state index in [0.717, 1.165) is 54.0 Å². The summed E-state index contributed by atoms with van der Waals surface area (Å²) in [5, 5.41) is 6.31. The van der Waals surface area contributed by atoms with Crippen molar-refractivity contribution in [1.29, 1.82) is 0 Å². The van der Waals surface area contributed by atoms with Crippen molar-refractivity contribution in [1.82, 2.24) is 15.0 Å². The van der Waals surface area contributed by atoms with Crippen molar-refractivity contribution in [2.75, 3.05) is 10.6 Å². The summed E-state index contributed by atoms with van der Waals surface area (Å²) in [4.78, 5) is 25.6. The molecule has 0 aliphatic heterocycles. The largest absolute Gasteiger partial charge is 0.326 e. The number of hydrogen-bond donors (Lipinski definition) is 2. The summed E-state index contributed by atoms with van der Waals surface area (Å²) < 4.78 is 0. The molecule has 1 saturated carbocycles. The maximum atomic E-state index is 12.4. The zero-order valence-corrected chi connectivity index (χ0v) is 15.9. The number of nitrogens with one attached hydrogen (secondary N) is 2. The molecule has 2 N–H and O–H groups in total. The predicted molar refractivity (Wildman–Crippen MR) is 110 cm³/mol. The molecule has 1 aliphatic carbocycles. The molecule has 1 fully saturated rings. The van der Waals surface area contributed by atoms with Crippen molar-refractivity contribution in [3.8, 4) is 11.4 Å². The van der Waals surface area contributed by atoms with Gasteiger partial charge in [0.2, 0.25) is 11.9 Å². The first-order chi connectivity index (χ1) is 13.7. The quantitative estimate of drug-likeness (QED) is 0.676. The molecular weight excluding hydrogens is 350 g/mol. The highest BCUT2D eigenvalue weighted by Gasteiger charge is 2.22. The Labute approximate surface area is 164 Å². The highest BCUT2D eigenvalue weighted by atomic mass is 16.1. The van der Waals surface area contributed by atoms with Crippen LogP contribution in [0.15, 0.2) is 54.9 Å². The number of carbonyl (C=O) groups is 1. The average Bonchev–Trinajstić information content (AvgIpc) is 3.26. The minimum Gasteiger partial charge on any atom is -0.326 e. The highest BCUT2D eigenvalue weighted by Crippen LogP contribution is 2.28. The second-order valence-electron chi connectivity index (χ2n) is 7.11. The Bertz CT molecular complexity index is 968. The highest BCUT2D eigenvalue weighted by molar-refractivity contribution is 5.93. The summed E-state index contributed by atoms with van der Waals surface area (Å²) in [6, 6.07) is 13.4. The lowest BCUT2D eigenvalue weighted by Crippen LogP contribution is -2.20. The van der Waals surface area contributed by atoms with Crippen LogP contribution >= 0.6 is 0 Å². The van der Waals surface area contributed by atoms with E-state index in [0.29, 0.717) is 5.95 Å². The molecule has 0 spiro atoms. The first-order valence-electron chi connectivity index (χ1n) is 9.62. The number of pyridine rings is 1. The van der Waals surface area contributed by atoms with Crippen molar-refractivity contribution in [3.05, 3.63) is 60.4 Å². The minimum absolute atomic E-state index is 0.112. The molecule has 0 atom stereocenters. The zero-order valence-electron chi connectivity index (χ0n) is 15.9. The van der Waals surface area contributed by atoms with Gasteiger partial charge in [0.05, 0.1) is 11.4 Å². The van der Waals surface area contributed by atoms with Crippen molar-refractivity contribution in [2.45, 2.75) is 32.6 Å². The maximum absolute atomic E-state index is 12.4. The molecule has 3 aromatic rings. The van der Waals surface area contributed by atoms with E-state index in [1.165, 1.54) is 0 Å². The average molecular weight is 373 g/mol. The molecule has 1 aliphatic rings. The van der Waals surface area contributed by atoms with Crippen LogP contribution in [0.25, 0.3) is 11.4 Å². The van der Waals surface area contributed by atoms with Crippen molar-refractivity contribution < 1.29 is 4.79 Å². The van der Waals surface area contributed by atoms with Crippen LogP contribution in [-0.2, 0) is 4.79 Å². The van der Waals surface area contributed by atoms with E-state index in [9.17, 15) is 4.79 Å². The van der Waals surface area contributed by atoms with Gasteiger partial charge in [0.15, 0.2) is 0 Å². The monoisotopic (exact) mass is 373 g/mol. The Hall–Kier alpha value is -3.28. The lowest BCUT2D eigenvalue weighted by atomic mass is 10.1. The van der Waals surface area contributed by atoms with Gasteiger partial charge in [-0.1, -0.05) is 25.0 Å². The van der Waals surface area contributed by atoms with E-state index in [1.54, 1.807) is 12.4 Å². The van der Waals surface area contributed by atoms with Crippen molar-refractivity contribution in [2.24, 2.45) is 5.92 Å². The fraction of sp³-hybridized carbons (Fsp3) is 0.273. The van der Waals surface area contributed by atoms with Crippen molar-refractivity contribution >= 4 is 23.2 Å². The Morgan fingerprint density at radius 1 is 1.00 bits per heavy atom. The van der Waals surface area contributed by atoms with Crippen LogP contribution in [0, 0.1) is 12.8 Å². The van der Waals surface area contributed by atoms with E-state index in [2.05, 4.69) is 25.6 Å². The Morgan fingerprint density at radius 2 is 1.86 bits per heavy atom. The van der Waals surface area contributed by atoms with Crippen LogP contribution in [0.1, 0.15) is 31.2 Å². The lowest BCUT2D eigenvalue weighted by molar-refractivity contribution is -0.119. The first-order valence-corrected chi connectivity index (χ1v) is 9.62. The fourth-order valence-electron chi connectivity index (χ4n) is 3.46. The van der Waals surface area contributed by atoms with Gasteiger partial charge in [-0.3, -0.25) is 9.78 Å². The lowest BCUT2D eigenvalue weighted by Gasteiger charge is -2.14. The molecule has 0 radical (unpaired) electrons. The van der Waals surface area contributed by atoms with Crippen LogP contribution in [-0.4, -0.2) is 20.9 Å². The van der Waals surface area contributed by atoms with Crippen LogP contribution in [0.3, 0.4) is 0 Å². The number of carbonyl (C=O) groups excluding carboxylic acids is 1. The van der Waals surface area contributed by atoms with E-state index in [4.69, 9.17) is 0 Å². The number of anilines is 3. The second kappa shape index (κ2) is 8.17. The SMILES string of the molecule is Cc1ccc(NC(=O)C2CCCC2)cc1Nc1nccc(-c2ccccn2)n1. The van der Waals surface area contributed by atoms with Gasteiger partial charge in [-0.05, 0) is 55.7 Å².